The van der Waals surface area contributed by atoms with Crippen LogP contribution in [0.4, 0.5) is 4.79 Å². The molecule has 0 aromatic rings. The van der Waals surface area contributed by atoms with Crippen LogP contribution in [-0.2, 0) is 9.59 Å². The van der Waals surface area contributed by atoms with Crippen LogP contribution in [0.5, 0.6) is 0 Å². The van der Waals surface area contributed by atoms with Crippen LogP contribution >= 0.6 is 11.8 Å². The van der Waals surface area contributed by atoms with Gasteiger partial charge in [0.2, 0.25) is 0 Å². The molecule has 0 aliphatic carbocycles. The van der Waals surface area contributed by atoms with Crippen molar-refractivity contribution in [2.75, 3.05) is 25.4 Å². The van der Waals surface area contributed by atoms with E-state index < -0.39 is 31.1 Å². The second-order valence-corrected chi connectivity index (χ2v) is 6.39. The van der Waals surface area contributed by atoms with Gasteiger partial charge in [-0.15, -0.1) is 0 Å². The quantitative estimate of drug-likeness (QED) is 0.656. The van der Waals surface area contributed by atoms with E-state index in [1.807, 2.05) is 6.92 Å². The first kappa shape index (κ1) is 15.6. The molecule has 0 saturated carbocycles. The molecule has 2 amide bonds. The summed E-state index contributed by atoms with van der Waals surface area (Å²) >= 11 is 1.76. The highest BCUT2D eigenvalue weighted by Crippen LogP contribution is 2.36. The summed E-state index contributed by atoms with van der Waals surface area (Å²) in [5.41, 5.74) is 0. The zero-order chi connectivity index (χ0) is 14.5. The number of aliphatic carboxylic acids is 2. The van der Waals surface area contributed by atoms with E-state index in [-0.39, 0.29) is 4.75 Å². The number of carbonyl (C=O) groups is 3. The van der Waals surface area contributed by atoms with Gasteiger partial charge < -0.3 is 20.4 Å². The molecule has 1 heterocycles. The van der Waals surface area contributed by atoms with Gasteiger partial charge in [0.25, 0.3) is 0 Å². The van der Waals surface area contributed by atoms with Crippen LogP contribution in [0.2, 0.25) is 0 Å². The summed E-state index contributed by atoms with van der Waals surface area (Å²) in [5, 5.41) is 19.9. The lowest BCUT2D eigenvalue weighted by Crippen LogP contribution is -2.48. The molecular weight excluding hydrogens is 272 g/mol. The van der Waals surface area contributed by atoms with Gasteiger partial charge in [-0.25, -0.2) is 4.79 Å². The maximum absolute atomic E-state index is 11.8. The molecule has 1 aliphatic rings. The number of thioether (sulfide) groups is 1. The zero-order valence-electron chi connectivity index (χ0n) is 10.7. The van der Waals surface area contributed by atoms with Gasteiger partial charge in [0.1, 0.15) is 13.1 Å². The Balaban J connectivity index is 2.51. The van der Waals surface area contributed by atoms with Crippen molar-refractivity contribution in [1.82, 2.24) is 10.2 Å². The van der Waals surface area contributed by atoms with Gasteiger partial charge in [-0.1, -0.05) is 0 Å². The predicted octanol–water partition coefficient (Wildman–Crippen LogP) is 0.453. The fourth-order valence-corrected chi connectivity index (χ4v) is 3.12. The minimum absolute atomic E-state index is 0.0478. The maximum atomic E-state index is 11.8. The van der Waals surface area contributed by atoms with E-state index in [1.165, 1.54) is 0 Å². The van der Waals surface area contributed by atoms with Crippen molar-refractivity contribution >= 4 is 29.7 Å². The topological polar surface area (TPSA) is 107 Å². The summed E-state index contributed by atoms with van der Waals surface area (Å²) in [6, 6.07) is -0.654. The average molecular weight is 290 g/mol. The third kappa shape index (κ3) is 5.37. The van der Waals surface area contributed by atoms with Crippen molar-refractivity contribution in [3.05, 3.63) is 0 Å². The van der Waals surface area contributed by atoms with Gasteiger partial charge in [0.15, 0.2) is 0 Å². The van der Waals surface area contributed by atoms with Crippen LogP contribution in [0.1, 0.15) is 19.8 Å². The van der Waals surface area contributed by atoms with Crippen molar-refractivity contribution in [1.29, 1.82) is 0 Å². The van der Waals surface area contributed by atoms with E-state index >= 15 is 0 Å². The van der Waals surface area contributed by atoms with Crippen LogP contribution in [0, 0.1) is 0 Å². The first-order valence-electron chi connectivity index (χ1n) is 5.93. The number of nitrogens with zero attached hydrogens (tertiary/aromatic N) is 1. The molecule has 7 nitrogen and oxygen atoms in total. The van der Waals surface area contributed by atoms with Crippen molar-refractivity contribution in [2.45, 2.75) is 24.5 Å². The van der Waals surface area contributed by atoms with Crippen molar-refractivity contribution in [2.24, 2.45) is 0 Å². The highest BCUT2D eigenvalue weighted by atomic mass is 32.2. The van der Waals surface area contributed by atoms with Crippen LogP contribution in [0.3, 0.4) is 0 Å². The summed E-state index contributed by atoms with van der Waals surface area (Å²) in [7, 11) is 0. The largest absolute Gasteiger partial charge is 0.480 e. The summed E-state index contributed by atoms with van der Waals surface area (Å²) in [6.07, 6.45) is 2.07. The van der Waals surface area contributed by atoms with Crippen LogP contribution in [0.25, 0.3) is 0 Å². The number of urea groups is 1. The molecule has 1 fully saturated rings. The fraction of sp³-hybridized carbons (Fsp3) is 0.727. The number of hydrogen-bond acceptors (Lipinski definition) is 4. The van der Waals surface area contributed by atoms with Gasteiger partial charge in [-0.3, -0.25) is 9.59 Å². The molecule has 0 aromatic heterocycles. The lowest BCUT2D eigenvalue weighted by molar-refractivity contribution is -0.140. The Morgan fingerprint density at radius 2 is 1.84 bits per heavy atom. The number of carboxylic acids is 2. The van der Waals surface area contributed by atoms with Gasteiger partial charge in [0, 0.05) is 11.3 Å². The molecule has 108 valence electrons. The summed E-state index contributed by atoms with van der Waals surface area (Å²) in [6.45, 7) is 1.19. The van der Waals surface area contributed by atoms with E-state index in [0.717, 1.165) is 23.5 Å². The highest BCUT2D eigenvalue weighted by molar-refractivity contribution is 8.00. The number of nitrogens with one attached hydrogen (secondary N) is 1. The second kappa shape index (κ2) is 6.65. The zero-order valence-corrected chi connectivity index (χ0v) is 11.5. The number of carboxylic acid groups (broad SMARTS) is 2. The minimum atomic E-state index is -1.24. The van der Waals surface area contributed by atoms with E-state index in [9.17, 15) is 14.4 Å². The van der Waals surface area contributed by atoms with Gasteiger partial charge in [-0.2, -0.15) is 11.8 Å². The average Bonchev–Trinajstić information content (AvgIpc) is 2.71. The number of amides is 2. The molecular formula is C11H18N2O5S. The Hall–Kier alpha value is -1.44. The van der Waals surface area contributed by atoms with Gasteiger partial charge >= 0.3 is 18.0 Å². The predicted molar refractivity (Wildman–Crippen MR) is 70.3 cm³/mol. The molecule has 0 aromatic carbocycles. The van der Waals surface area contributed by atoms with E-state index in [1.54, 1.807) is 11.8 Å². The first-order valence-corrected chi connectivity index (χ1v) is 6.91. The summed E-state index contributed by atoms with van der Waals surface area (Å²) in [5.74, 6) is -1.43. The SMILES string of the molecule is CC1(CNC(=O)N(CC(=O)O)CC(=O)O)CCCS1. The first-order chi connectivity index (χ1) is 8.82. The molecule has 8 heteroatoms. The Labute approximate surface area is 115 Å². The number of hydrogen-bond donors (Lipinski definition) is 3. The Morgan fingerprint density at radius 1 is 1.26 bits per heavy atom. The fourth-order valence-electron chi connectivity index (χ4n) is 1.88. The molecule has 1 saturated heterocycles. The van der Waals surface area contributed by atoms with E-state index in [4.69, 9.17) is 10.2 Å². The normalized spacial score (nSPS) is 21.9. The van der Waals surface area contributed by atoms with Crippen molar-refractivity contribution in [3.8, 4) is 0 Å². The Bertz CT molecular complexity index is 352. The minimum Gasteiger partial charge on any atom is -0.480 e. The third-order valence-electron chi connectivity index (χ3n) is 2.85. The van der Waals surface area contributed by atoms with Crippen LogP contribution < -0.4 is 5.32 Å². The standard InChI is InChI=1S/C11H18N2O5S/c1-11(3-2-4-19-11)7-12-10(18)13(5-8(14)15)6-9(16)17/h2-7H2,1H3,(H,12,18)(H,14,15)(H,16,17). The van der Waals surface area contributed by atoms with Gasteiger partial charge in [0.05, 0.1) is 0 Å². The number of rotatable bonds is 6. The van der Waals surface area contributed by atoms with Crippen LogP contribution in [0.15, 0.2) is 0 Å². The molecule has 1 unspecified atom stereocenters. The summed E-state index contributed by atoms with van der Waals surface area (Å²) in [4.78, 5) is 33.8. The van der Waals surface area contributed by atoms with Gasteiger partial charge in [-0.05, 0) is 25.5 Å². The molecule has 1 atom stereocenters. The highest BCUT2D eigenvalue weighted by Gasteiger charge is 2.30. The second-order valence-electron chi connectivity index (χ2n) is 4.70. The van der Waals surface area contributed by atoms with Crippen molar-refractivity contribution in [3.63, 3.8) is 0 Å². The summed E-state index contributed by atoms with van der Waals surface area (Å²) < 4.78 is -0.0478. The molecule has 19 heavy (non-hydrogen) atoms. The molecule has 1 rings (SSSR count). The molecule has 0 bridgehead atoms. The maximum Gasteiger partial charge on any atom is 0.323 e. The monoisotopic (exact) mass is 290 g/mol. The van der Waals surface area contributed by atoms with E-state index in [0.29, 0.717) is 6.54 Å². The number of carbonyl (C=O) groups excluding carboxylic acids is 1. The third-order valence-corrected chi connectivity index (χ3v) is 4.39. The Kier molecular flexibility index (Phi) is 5.46. The Morgan fingerprint density at radius 3 is 2.26 bits per heavy atom. The molecule has 1 aliphatic heterocycles. The lowest BCUT2D eigenvalue weighted by atomic mass is 10.1. The molecule has 0 spiro atoms. The van der Waals surface area contributed by atoms with E-state index in [2.05, 4.69) is 5.32 Å². The smallest absolute Gasteiger partial charge is 0.323 e. The molecule has 3 N–H and O–H groups in total. The van der Waals surface area contributed by atoms with Crippen molar-refractivity contribution < 1.29 is 24.6 Å². The molecule has 0 radical (unpaired) electrons. The van der Waals surface area contributed by atoms with Crippen LogP contribution in [-0.4, -0.2) is 63.2 Å². The lowest BCUT2D eigenvalue weighted by Gasteiger charge is -2.25.